The molecule has 0 aromatic heterocycles. The minimum Gasteiger partial charge on any atom is -0.268 e. The van der Waals surface area contributed by atoms with Crippen LogP contribution < -0.4 is 9.80 Å². The number of benzene rings is 5. The van der Waals surface area contributed by atoms with Gasteiger partial charge in [0, 0.05) is 0 Å². The SMILES string of the molecule is CCc1cc(N2C(=O)c3ccc(-c4ccc(C)cc4)cc3C2=O)ccc1N1C(=O)c2ccc(-c3ccc(C)cc3)cc2C1=O. The number of carbonyl (C=O) groups excluding carboxylic acids is 4. The van der Waals surface area contributed by atoms with Crippen LogP contribution in [-0.4, -0.2) is 23.6 Å². The standard InChI is InChI=1S/C38H28N2O4/c1-4-24-19-29(39-35(41)30-16-13-27(20-32(30)37(39)43)25-9-5-22(2)6-10-25)15-18-34(24)40-36(42)31-17-14-28(21-33(31)38(40)44)26-11-7-23(3)8-12-26/h5-21H,4H2,1-3H3. The van der Waals surface area contributed by atoms with E-state index in [1.54, 1.807) is 42.5 Å². The average Bonchev–Trinajstić information content (AvgIpc) is 3.44. The summed E-state index contributed by atoms with van der Waals surface area (Å²) in [6, 6.07) is 31.6. The van der Waals surface area contributed by atoms with Gasteiger partial charge >= 0.3 is 0 Å². The van der Waals surface area contributed by atoms with E-state index in [4.69, 9.17) is 0 Å². The Balaban J connectivity index is 1.20. The van der Waals surface area contributed by atoms with Crippen LogP contribution in [0.2, 0.25) is 0 Å². The molecule has 4 amide bonds. The zero-order valence-corrected chi connectivity index (χ0v) is 24.5. The molecule has 6 heteroatoms. The second-order valence-corrected chi connectivity index (χ2v) is 11.3. The van der Waals surface area contributed by atoms with Crippen molar-refractivity contribution in [3.63, 3.8) is 0 Å². The lowest BCUT2D eigenvalue weighted by Crippen LogP contribution is -2.31. The molecule has 0 N–H and O–H groups in total. The predicted molar refractivity (Wildman–Crippen MR) is 171 cm³/mol. The minimum atomic E-state index is -0.405. The van der Waals surface area contributed by atoms with Crippen molar-refractivity contribution < 1.29 is 19.2 Å². The normalized spacial score (nSPS) is 14.0. The van der Waals surface area contributed by atoms with Crippen LogP contribution in [0.1, 0.15) is 65.0 Å². The van der Waals surface area contributed by atoms with Crippen molar-refractivity contribution >= 4 is 35.0 Å². The quantitative estimate of drug-likeness (QED) is 0.200. The Hall–Kier alpha value is -5.62. The third-order valence-corrected chi connectivity index (χ3v) is 8.49. The lowest BCUT2D eigenvalue weighted by molar-refractivity contribution is 0.0909. The van der Waals surface area contributed by atoms with Crippen molar-refractivity contribution in [2.24, 2.45) is 0 Å². The molecule has 0 fully saturated rings. The molecular formula is C38H28N2O4. The number of carbonyl (C=O) groups is 4. The summed E-state index contributed by atoms with van der Waals surface area (Å²) >= 11 is 0. The maximum Gasteiger partial charge on any atom is 0.266 e. The third-order valence-electron chi connectivity index (χ3n) is 8.49. The Morgan fingerprint density at radius 1 is 0.455 bits per heavy atom. The Labute approximate surface area is 255 Å². The Morgan fingerprint density at radius 3 is 1.39 bits per heavy atom. The molecule has 6 nitrogen and oxygen atoms in total. The van der Waals surface area contributed by atoms with Gasteiger partial charge in [-0.15, -0.1) is 0 Å². The lowest BCUT2D eigenvalue weighted by atomic mass is 9.99. The first-order valence-corrected chi connectivity index (χ1v) is 14.6. The molecule has 5 aromatic carbocycles. The van der Waals surface area contributed by atoms with Gasteiger partial charge in [0.1, 0.15) is 0 Å². The molecule has 0 aliphatic carbocycles. The maximum atomic E-state index is 13.7. The molecule has 44 heavy (non-hydrogen) atoms. The summed E-state index contributed by atoms with van der Waals surface area (Å²) in [5.74, 6) is -1.60. The van der Waals surface area contributed by atoms with Gasteiger partial charge in [0.05, 0.1) is 33.6 Å². The number of hydrogen-bond acceptors (Lipinski definition) is 4. The first kappa shape index (κ1) is 27.2. The van der Waals surface area contributed by atoms with Crippen LogP contribution in [0.15, 0.2) is 103 Å². The molecule has 0 saturated heterocycles. The first-order valence-electron chi connectivity index (χ1n) is 14.6. The van der Waals surface area contributed by atoms with E-state index in [0.29, 0.717) is 45.6 Å². The second-order valence-electron chi connectivity index (χ2n) is 11.3. The molecule has 5 aromatic rings. The lowest BCUT2D eigenvalue weighted by Gasteiger charge is -2.21. The summed E-state index contributed by atoms with van der Waals surface area (Å²) in [5.41, 5.74) is 8.80. The summed E-state index contributed by atoms with van der Waals surface area (Å²) < 4.78 is 0. The first-order chi connectivity index (χ1) is 21.2. The van der Waals surface area contributed by atoms with Crippen LogP contribution in [0.4, 0.5) is 11.4 Å². The van der Waals surface area contributed by atoms with Gasteiger partial charge in [-0.05, 0) is 90.6 Å². The molecule has 0 atom stereocenters. The summed E-state index contributed by atoms with van der Waals surface area (Å²) in [6.45, 7) is 5.94. The van der Waals surface area contributed by atoms with Crippen molar-refractivity contribution in [2.75, 3.05) is 9.80 Å². The number of rotatable bonds is 5. The van der Waals surface area contributed by atoms with E-state index >= 15 is 0 Å². The van der Waals surface area contributed by atoms with E-state index in [1.807, 2.05) is 81.4 Å². The number of hydrogen-bond donors (Lipinski definition) is 0. The van der Waals surface area contributed by atoms with E-state index in [0.717, 1.165) is 33.4 Å². The molecule has 0 bridgehead atoms. The second kappa shape index (κ2) is 10.3. The maximum absolute atomic E-state index is 13.7. The van der Waals surface area contributed by atoms with E-state index in [2.05, 4.69) is 0 Å². The van der Waals surface area contributed by atoms with Crippen LogP contribution in [0.5, 0.6) is 0 Å². The van der Waals surface area contributed by atoms with Gasteiger partial charge in [-0.1, -0.05) is 78.7 Å². The topological polar surface area (TPSA) is 74.8 Å². The largest absolute Gasteiger partial charge is 0.268 e. The molecular weight excluding hydrogens is 548 g/mol. The highest BCUT2D eigenvalue weighted by atomic mass is 16.2. The van der Waals surface area contributed by atoms with Gasteiger partial charge in [-0.2, -0.15) is 0 Å². The van der Waals surface area contributed by atoms with Crippen molar-refractivity contribution in [1.29, 1.82) is 0 Å². The minimum absolute atomic E-state index is 0.345. The van der Waals surface area contributed by atoms with Crippen LogP contribution in [0.3, 0.4) is 0 Å². The van der Waals surface area contributed by atoms with Crippen molar-refractivity contribution in [3.05, 3.63) is 142 Å². The van der Waals surface area contributed by atoms with E-state index in [1.165, 1.54) is 9.80 Å². The molecule has 0 spiro atoms. The van der Waals surface area contributed by atoms with Crippen molar-refractivity contribution in [1.82, 2.24) is 0 Å². The molecule has 0 saturated carbocycles. The van der Waals surface area contributed by atoms with Gasteiger partial charge < -0.3 is 0 Å². The Bertz CT molecular complexity index is 2040. The van der Waals surface area contributed by atoms with Gasteiger partial charge in [-0.3, -0.25) is 19.2 Å². The number of imide groups is 2. The highest BCUT2D eigenvalue weighted by molar-refractivity contribution is 6.36. The summed E-state index contributed by atoms with van der Waals surface area (Å²) in [4.78, 5) is 56.6. The fraction of sp³-hybridized carbons (Fsp3) is 0.105. The highest BCUT2D eigenvalue weighted by Crippen LogP contribution is 2.37. The molecule has 2 aliphatic rings. The predicted octanol–water partition coefficient (Wildman–Crippen LogP) is 7.80. The number of nitrogens with zero attached hydrogens (tertiary/aromatic N) is 2. The molecule has 0 unspecified atom stereocenters. The van der Waals surface area contributed by atoms with Gasteiger partial charge in [0.2, 0.25) is 0 Å². The number of aryl methyl sites for hydroxylation is 3. The highest BCUT2D eigenvalue weighted by Gasteiger charge is 2.40. The number of fused-ring (bicyclic) bond motifs is 2. The van der Waals surface area contributed by atoms with E-state index in [-0.39, 0.29) is 0 Å². The Kier molecular flexibility index (Phi) is 6.36. The smallest absolute Gasteiger partial charge is 0.266 e. The van der Waals surface area contributed by atoms with Crippen LogP contribution in [-0.2, 0) is 6.42 Å². The zero-order valence-electron chi connectivity index (χ0n) is 24.5. The molecule has 2 aliphatic heterocycles. The van der Waals surface area contributed by atoms with E-state index < -0.39 is 23.6 Å². The monoisotopic (exact) mass is 576 g/mol. The summed E-state index contributed by atoms with van der Waals surface area (Å²) in [5, 5.41) is 0. The fourth-order valence-corrected chi connectivity index (χ4v) is 6.00. The fourth-order valence-electron chi connectivity index (χ4n) is 6.00. The molecule has 2 heterocycles. The van der Waals surface area contributed by atoms with Crippen molar-refractivity contribution in [3.8, 4) is 22.3 Å². The third kappa shape index (κ3) is 4.26. The van der Waals surface area contributed by atoms with E-state index in [9.17, 15) is 19.2 Å². The van der Waals surface area contributed by atoms with Crippen molar-refractivity contribution in [2.45, 2.75) is 27.2 Å². The van der Waals surface area contributed by atoms with Crippen LogP contribution >= 0.6 is 0 Å². The zero-order chi connectivity index (χ0) is 30.7. The number of anilines is 2. The molecule has 7 rings (SSSR count). The summed E-state index contributed by atoms with van der Waals surface area (Å²) in [7, 11) is 0. The van der Waals surface area contributed by atoms with Crippen LogP contribution in [0, 0.1) is 13.8 Å². The summed E-state index contributed by atoms with van der Waals surface area (Å²) in [6.07, 6.45) is 0.478. The average molecular weight is 577 g/mol. The molecule has 0 radical (unpaired) electrons. The van der Waals surface area contributed by atoms with Crippen LogP contribution in [0.25, 0.3) is 22.3 Å². The molecule has 214 valence electrons. The number of amides is 4. The Morgan fingerprint density at radius 2 is 0.886 bits per heavy atom. The van der Waals surface area contributed by atoms with Gasteiger partial charge in [-0.25, -0.2) is 9.80 Å². The van der Waals surface area contributed by atoms with Gasteiger partial charge in [0.15, 0.2) is 0 Å². The van der Waals surface area contributed by atoms with Gasteiger partial charge in [0.25, 0.3) is 23.6 Å².